The number of anilines is 1. The smallest absolute Gasteiger partial charge is 0.236 e. The molecule has 1 heterocycles. The van der Waals surface area contributed by atoms with Crippen LogP contribution in [0.5, 0.6) is 0 Å². The Hall–Kier alpha value is -1.10. The van der Waals surface area contributed by atoms with Crippen LogP contribution in [0.1, 0.15) is 33.1 Å². The maximum atomic E-state index is 12.0. The van der Waals surface area contributed by atoms with Crippen molar-refractivity contribution >= 4 is 15.8 Å². The number of hydrogen-bond donors (Lipinski definition) is 1. The van der Waals surface area contributed by atoms with Gasteiger partial charge in [-0.3, -0.25) is 4.72 Å². The van der Waals surface area contributed by atoms with Crippen LogP contribution in [-0.4, -0.2) is 18.7 Å². The van der Waals surface area contributed by atoms with Gasteiger partial charge >= 0.3 is 0 Å². The predicted octanol–water partition coefficient (Wildman–Crippen LogP) is 2.40. The van der Waals surface area contributed by atoms with Gasteiger partial charge in [-0.15, -0.1) is 0 Å². The highest BCUT2D eigenvalue weighted by atomic mass is 32.2. The van der Waals surface area contributed by atoms with Gasteiger partial charge in [0.15, 0.2) is 0 Å². The molecule has 1 unspecified atom stereocenters. The lowest BCUT2D eigenvalue weighted by Crippen LogP contribution is -2.27. The van der Waals surface area contributed by atoms with E-state index in [0.29, 0.717) is 18.7 Å². The topological polar surface area (TPSA) is 59.1 Å². The highest BCUT2D eigenvalue weighted by Crippen LogP contribution is 2.15. The van der Waals surface area contributed by atoms with Crippen LogP contribution in [0, 0.1) is 0 Å². The Labute approximate surface area is 97.2 Å². The van der Waals surface area contributed by atoms with Crippen molar-refractivity contribution in [1.82, 2.24) is 4.98 Å². The summed E-state index contributed by atoms with van der Waals surface area (Å²) in [5, 5.41) is -0.334. The minimum Gasteiger partial charge on any atom is -0.267 e. The summed E-state index contributed by atoms with van der Waals surface area (Å²) in [5.74, 6) is 0.386. The van der Waals surface area contributed by atoms with E-state index in [1.165, 1.54) is 0 Å². The quantitative estimate of drug-likeness (QED) is 0.833. The summed E-state index contributed by atoms with van der Waals surface area (Å²) >= 11 is 0. The molecule has 0 bridgehead atoms. The third-order valence-corrected chi connectivity index (χ3v) is 4.36. The van der Waals surface area contributed by atoms with E-state index in [0.717, 1.165) is 6.42 Å². The predicted molar refractivity (Wildman–Crippen MR) is 65.8 cm³/mol. The Morgan fingerprint density at radius 2 is 2.12 bits per heavy atom. The molecular formula is C11H18N2O2S. The maximum absolute atomic E-state index is 12.0. The molecule has 0 spiro atoms. The third kappa shape index (κ3) is 3.48. The van der Waals surface area contributed by atoms with Crippen LogP contribution in [0.3, 0.4) is 0 Å². The maximum Gasteiger partial charge on any atom is 0.236 e. The Kier molecular flexibility index (Phi) is 4.73. The number of rotatable bonds is 6. The minimum absolute atomic E-state index is 0.334. The van der Waals surface area contributed by atoms with Crippen molar-refractivity contribution in [1.29, 1.82) is 0 Å². The summed E-state index contributed by atoms with van der Waals surface area (Å²) in [6.45, 7) is 3.87. The summed E-state index contributed by atoms with van der Waals surface area (Å²) < 4.78 is 26.5. The molecule has 0 aliphatic rings. The SMILES string of the molecule is CCCC(CC)S(=O)(=O)Nc1ccccn1. The van der Waals surface area contributed by atoms with Crippen LogP contribution in [0.15, 0.2) is 24.4 Å². The zero-order valence-corrected chi connectivity index (χ0v) is 10.5. The summed E-state index contributed by atoms with van der Waals surface area (Å²) in [5.41, 5.74) is 0. The summed E-state index contributed by atoms with van der Waals surface area (Å²) in [4.78, 5) is 3.95. The molecule has 1 aromatic heterocycles. The molecule has 16 heavy (non-hydrogen) atoms. The van der Waals surface area contributed by atoms with E-state index >= 15 is 0 Å². The van der Waals surface area contributed by atoms with Gasteiger partial charge in [-0.2, -0.15) is 0 Å². The third-order valence-electron chi connectivity index (χ3n) is 2.42. The van der Waals surface area contributed by atoms with E-state index in [1.54, 1.807) is 24.4 Å². The van der Waals surface area contributed by atoms with Gasteiger partial charge in [0.05, 0.1) is 5.25 Å². The zero-order valence-electron chi connectivity index (χ0n) is 9.68. The second-order valence-electron chi connectivity index (χ2n) is 3.68. The molecule has 0 aliphatic carbocycles. The standard InChI is InChI=1S/C11H18N2O2S/c1-3-7-10(4-2)16(14,15)13-11-8-5-6-9-12-11/h5-6,8-10H,3-4,7H2,1-2H3,(H,12,13). The molecule has 0 aliphatic heterocycles. The molecule has 1 atom stereocenters. The van der Waals surface area contributed by atoms with Gasteiger partial charge in [-0.05, 0) is 25.0 Å². The highest BCUT2D eigenvalue weighted by Gasteiger charge is 2.22. The van der Waals surface area contributed by atoms with Crippen LogP contribution in [0.25, 0.3) is 0 Å². The fourth-order valence-electron chi connectivity index (χ4n) is 1.55. The van der Waals surface area contributed by atoms with E-state index < -0.39 is 10.0 Å². The van der Waals surface area contributed by atoms with Crippen LogP contribution in [0.2, 0.25) is 0 Å². The summed E-state index contributed by atoms with van der Waals surface area (Å²) in [6.07, 6.45) is 3.73. The molecule has 0 saturated carbocycles. The number of hydrogen-bond acceptors (Lipinski definition) is 3. The number of aromatic nitrogens is 1. The van der Waals surface area contributed by atoms with E-state index in [2.05, 4.69) is 9.71 Å². The fraction of sp³-hybridized carbons (Fsp3) is 0.545. The Balaban J connectivity index is 2.78. The van der Waals surface area contributed by atoms with Crippen molar-refractivity contribution in [2.24, 2.45) is 0 Å². The molecule has 0 fully saturated rings. The average molecular weight is 242 g/mol. The summed E-state index contributed by atoms with van der Waals surface area (Å²) in [7, 11) is -3.30. The van der Waals surface area contributed by atoms with E-state index in [1.807, 2.05) is 13.8 Å². The fourth-order valence-corrected chi connectivity index (χ4v) is 3.12. The average Bonchev–Trinajstić information content (AvgIpc) is 2.26. The molecule has 1 aromatic rings. The Morgan fingerprint density at radius 1 is 1.38 bits per heavy atom. The van der Waals surface area contributed by atoms with Crippen molar-refractivity contribution in [3.8, 4) is 0 Å². The van der Waals surface area contributed by atoms with Crippen LogP contribution in [-0.2, 0) is 10.0 Å². The molecule has 0 radical (unpaired) electrons. The molecule has 1 rings (SSSR count). The first kappa shape index (κ1) is 13.0. The second-order valence-corrected chi connectivity index (χ2v) is 5.64. The lowest BCUT2D eigenvalue weighted by Gasteiger charge is -2.15. The number of sulfonamides is 1. The lowest BCUT2D eigenvalue weighted by molar-refractivity contribution is 0.569. The van der Waals surface area contributed by atoms with Gasteiger partial charge in [0.2, 0.25) is 10.0 Å². The van der Waals surface area contributed by atoms with Crippen LogP contribution < -0.4 is 4.72 Å². The Morgan fingerprint density at radius 3 is 2.62 bits per heavy atom. The number of nitrogens with zero attached hydrogens (tertiary/aromatic N) is 1. The molecule has 0 saturated heterocycles. The molecule has 1 N–H and O–H groups in total. The molecule has 0 aromatic carbocycles. The zero-order chi connectivity index (χ0) is 12.0. The van der Waals surface area contributed by atoms with Gasteiger partial charge in [0, 0.05) is 6.20 Å². The van der Waals surface area contributed by atoms with Crippen molar-refractivity contribution in [3.63, 3.8) is 0 Å². The van der Waals surface area contributed by atoms with Gasteiger partial charge in [-0.25, -0.2) is 13.4 Å². The first-order chi connectivity index (χ1) is 7.60. The van der Waals surface area contributed by atoms with E-state index in [-0.39, 0.29) is 5.25 Å². The molecule has 90 valence electrons. The Bertz CT molecular complexity index is 403. The first-order valence-electron chi connectivity index (χ1n) is 5.52. The summed E-state index contributed by atoms with van der Waals surface area (Å²) in [6, 6.07) is 5.16. The second kappa shape index (κ2) is 5.84. The van der Waals surface area contributed by atoms with Crippen LogP contribution >= 0.6 is 0 Å². The molecule has 4 nitrogen and oxygen atoms in total. The largest absolute Gasteiger partial charge is 0.267 e. The molecular weight excluding hydrogens is 224 g/mol. The van der Waals surface area contributed by atoms with Crippen molar-refractivity contribution in [3.05, 3.63) is 24.4 Å². The molecule has 0 amide bonds. The number of pyridine rings is 1. The normalized spacial score (nSPS) is 13.4. The first-order valence-corrected chi connectivity index (χ1v) is 7.07. The monoisotopic (exact) mass is 242 g/mol. The minimum atomic E-state index is -3.30. The van der Waals surface area contributed by atoms with Crippen molar-refractivity contribution in [2.45, 2.75) is 38.4 Å². The highest BCUT2D eigenvalue weighted by molar-refractivity contribution is 7.93. The van der Waals surface area contributed by atoms with Crippen molar-refractivity contribution in [2.75, 3.05) is 4.72 Å². The van der Waals surface area contributed by atoms with Gasteiger partial charge in [0.1, 0.15) is 5.82 Å². The van der Waals surface area contributed by atoms with Gasteiger partial charge in [0.25, 0.3) is 0 Å². The van der Waals surface area contributed by atoms with E-state index in [9.17, 15) is 8.42 Å². The van der Waals surface area contributed by atoms with E-state index in [4.69, 9.17) is 0 Å². The number of nitrogens with one attached hydrogen (secondary N) is 1. The lowest BCUT2D eigenvalue weighted by atomic mass is 10.2. The van der Waals surface area contributed by atoms with Crippen LogP contribution in [0.4, 0.5) is 5.82 Å². The van der Waals surface area contributed by atoms with Gasteiger partial charge in [-0.1, -0.05) is 26.3 Å². The van der Waals surface area contributed by atoms with Crippen molar-refractivity contribution < 1.29 is 8.42 Å². The molecule has 5 heteroatoms. The van der Waals surface area contributed by atoms with Gasteiger partial charge < -0.3 is 0 Å².